The molecule has 0 aliphatic heterocycles. The van der Waals surface area contributed by atoms with Crippen LogP contribution in [0.5, 0.6) is 0 Å². The monoisotopic (exact) mass is 243 g/mol. The Labute approximate surface area is 93.2 Å². The lowest BCUT2D eigenvalue weighted by Gasteiger charge is -2.19. The van der Waals surface area contributed by atoms with Gasteiger partial charge in [0.05, 0.1) is 18.0 Å². The Morgan fingerprint density at radius 3 is 2.69 bits per heavy atom. The van der Waals surface area contributed by atoms with Gasteiger partial charge in [-0.05, 0) is 13.0 Å². The number of sulfonamides is 1. The molecule has 16 heavy (non-hydrogen) atoms. The standard InChI is InChI=1S/C9H10FN3O2S/c1-3-13(16(2,14)15)9-7(5-11)4-8(10)6-12-9/h4,6H,3H2,1-2H3. The highest BCUT2D eigenvalue weighted by Crippen LogP contribution is 2.19. The normalized spacial score (nSPS) is 10.9. The highest BCUT2D eigenvalue weighted by Gasteiger charge is 2.20. The second-order valence-corrected chi connectivity index (χ2v) is 4.97. The Morgan fingerprint density at radius 2 is 2.25 bits per heavy atom. The van der Waals surface area contributed by atoms with Crippen molar-refractivity contribution in [1.29, 1.82) is 5.26 Å². The number of nitrogens with zero attached hydrogens (tertiary/aromatic N) is 3. The lowest BCUT2D eigenvalue weighted by atomic mass is 10.3. The van der Waals surface area contributed by atoms with E-state index in [4.69, 9.17) is 5.26 Å². The topological polar surface area (TPSA) is 74.1 Å². The van der Waals surface area contributed by atoms with Gasteiger partial charge in [0.15, 0.2) is 5.82 Å². The number of halogens is 1. The molecule has 0 bridgehead atoms. The smallest absolute Gasteiger partial charge is 0.233 e. The van der Waals surface area contributed by atoms with Crippen LogP contribution in [0.3, 0.4) is 0 Å². The Bertz CT molecular complexity index is 536. The fourth-order valence-electron chi connectivity index (χ4n) is 1.25. The molecular weight excluding hydrogens is 233 g/mol. The summed E-state index contributed by atoms with van der Waals surface area (Å²) in [5.74, 6) is -0.723. The number of nitriles is 1. The van der Waals surface area contributed by atoms with Crippen molar-refractivity contribution in [2.24, 2.45) is 0 Å². The van der Waals surface area contributed by atoms with Gasteiger partial charge in [0, 0.05) is 6.54 Å². The van der Waals surface area contributed by atoms with Crippen molar-refractivity contribution in [3.63, 3.8) is 0 Å². The van der Waals surface area contributed by atoms with Crippen molar-refractivity contribution < 1.29 is 12.8 Å². The molecule has 1 aromatic heterocycles. The number of pyridine rings is 1. The van der Waals surface area contributed by atoms with Crippen LogP contribution in [-0.4, -0.2) is 26.2 Å². The van der Waals surface area contributed by atoms with Gasteiger partial charge in [-0.1, -0.05) is 0 Å². The third-order valence-electron chi connectivity index (χ3n) is 1.88. The molecule has 0 amide bonds. The average Bonchev–Trinajstić information content (AvgIpc) is 2.19. The maximum Gasteiger partial charge on any atom is 0.233 e. The van der Waals surface area contributed by atoms with Crippen LogP contribution in [0.15, 0.2) is 12.3 Å². The first kappa shape index (κ1) is 12.4. The van der Waals surface area contributed by atoms with Crippen LogP contribution in [-0.2, 0) is 10.0 Å². The fraction of sp³-hybridized carbons (Fsp3) is 0.333. The zero-order valence-corrected chi connectivity index (χ0v) is 9.62. The minimum Gasteiger partial charge on any atom is -0.253 e. The first-order valence-corrected chi connectivity index (χ1v) is 6.28. The van der Waals surface area contributed by atoms with E-state index in [0.717, 1.165) is 22.8 Å². The summed E-state index contributed by atoms with van der Waals surface area (Å²) < 4.78 is 36.6. The van der Waals surface area contributed by atoms with E-state index in [1.807, 2.05) is 0 Å². The molecule has 0 saturated heterocycles. The van der Waals surface area contributed by atoms with Gasteiger partial charge >= 0.3 is 0 Å². The molecule has 1 aromatic rings. The van der Waals surface area contributed by atoms with Gasteiger partial charge in [-0.3, -0.25) is 4.31 Å². The van der Waals surface area contributed by atoms with Crippen molar-refractivity contribution in [2.45, 2.75) is 6.92 Å². The first-order valence-electron chi connectivity index (χ1n) is 4.43. The minimum absolute atomic E-state index is 0.0473. The molecule has 1 heterocycles. The van der Waals surface area contributed by atoms with E-state index in [-0.39, 0.29) is 17.9 Å². The van der Waals surface area contributed by atoms with E-state index >= 15 is 0 Å². The van der Waals surface area contributed by atoms with Crippen molar-refractivity contribution in [1.82, 2.24) is 4.98 Å². The molecule has 0 N–H and O–H groups in total. The summed E-state index contributed by atoms with van der Waals surface area (Å²) in [5.41, 5.74) is -0.104. The molecule has 0 spiro atoms. The van der Waals surface area contributed by atoms with Crippen LogP contribution in [0, 0.1) is 17.1 Å². The van der Waals surface area contributed by atoms with Gasteiger partial charge in [0.25, 0.3) is 0 Å². The van der Waals surface area contributed by atoms with Crippen molar-refractivity contribution in [2.75, 3.05) is 17.1 Å². The van der Waals surface area contributed by atoms with Crippen LogP contribution in [0.4, 0.5) is 10.2 Å². The zero-order chi connectivity index (χ0) is 12.3. The van der Waals surface area contributed by atoms with Crippen molar-refractivity contribution in [3.05, 3.63) is 23.6 Å². The van der Waals surface area contributed by atoms with Crippen molar-refractivity contribution >= 4 is 15.8 Å². The minimum atomic E-state index is -3.52. The molecule has 7 heteroatoms. The lowest BCUT2D eigenvalue weighted by molar-refractivity contribution is 0.596. The molecule has 0 radical (unpaired) electrons. The van der Waals surface area contributed by atoms with Crippen molar-refractivity contribution in [3.8, 4) is 6.07 Å². The number of hydrogen-bond acceptors (Lipinski definition) is 4. The maximum atomic E-state index is 12.8. The summed E-state index contributed by atoms with van der Waals surface area (Å²) in [6, 6.07) is 2.67. The van der Waals surface area contributed by atoms with Crippen LogP contribution in [0.25, 0.3) is 0 Å². The van der Waals surface area contributed by atoms with Crippen LogP contribution in [0.2, 0.25) is 0 Å². The summed E-state index contributed by atoms with van der Waals surface area (Å²) >= 11 is 0. The molecular formula is C9H10FN3O2S. The van der Waals surface area contributed by atoms with E-state index in [2.05, 4.69) is 4.98 Å². The Balaban J connectivity index is 3.38. The third-order valence-corrected chi connectivity index (χ3v) is 3.11. The molecule has 1 rings (SSSR count). The molecule has 0 aliphatic carbocycles. The summed E-state index contributed by atoms with van der Waals surface area (Å²) in [5, 5.41) is 8.77. The number of aromatic nitrogens is 1. The molecule has 0 unspecified atom stereocenters. The van der Waals surface area contributed by atoms with Crippen LogP contribution in [0.1, 0.15) is 12.5 Å². The predicted molar refractivity (Wildman–Crippen MR) is 56.8 cm³/mol. The Kier molecular flexibility index (Phi) is 3.44. The van der Waals surface area contributed by atoms with Crippen LogP contribution >= 0.6 is 0 Å². The predicted octanol–water partition coefficient (Wildman–Crippen LogP) is 0.878. The second kappa shape index (κ2) is 4.45. The summed E-state index contributed by atoms with van der Waals surface area (Å²) in [4.78, 5) is 3.64. The highest BCUT2D eigenvalue weighted by molar-refractivity contribution is 7.92. The van der Waals surface area contributed by atoms with E-state index < -0.39 is 15.8 Å². The largest absolute Gasteiger partial charge is 0.253 e. The number of hydrogen-bond donors (Lipinski definition) is 0. The Hall–Kier alpha value is -1.68. The van der Waals surface area contributed by atoms with Gasteiger partial charge < -0.3 is 0 Å². The van der Waals surface area contributed by atoms with Gasteiger partial charge in [-0.25, -0.2) is 17.8 Å². The lowest BCUT2D eigenvalue weighted by Crippen LogP contribution is -2.31. The molecule has 0 atom stereocenters. The van der Waals surface area contributed by atoms with E-state index in [0.29, 0.717) is 0 Å². The zero-order valence-electron chi connectivity index (χ0n) is 8.81. The first-order chi connectivity index (χ1) is 7.40. The van der Waals surface area contributed by atoms with E-state index in [1.165, 1.54) is 0 Å². The van der Waals surface area contributed by atoms with Crippen LogP contribution < -0.4 is 4.31 Å². The SMILES string of the molecule is CCN(c1ncc(F)cc1C#N)S(C)(=O)=O. The fourth-order valence-corrected chi connectivity index (χ4v) is 2.18. The van der Waals surface area contributed by atoms with Gasteiger partial charge in [-0.15, -0.1) is 0 Å². The molecule has 5 nitrogen and oxygen atoms in total. The molecule has 0 fully saturated rings. The summed E-state index contributed by atoms with van der Waals surface area (Å²) in [6.45, 7) is 1.74. The highest BCUT2D eigenvalue weighted by atomic mass is 32.2. The molecule has 0 aliphatic rings. The molecule has 86 valence electrons. The summed E-state index contributed by atoms with van der Waals surface area (Å²) in [6.07, 6.45) is 1.88. The number of anilines is 1. The Morgan fingerprint density at radius 1 is 1.62 bits per heavy atom. The average molecular weight is 243 g/mol. The molecule has 0 saturated carbocycles. The number of rotatable bonds is 3. The van der Waals surface area contributed by atoms with Gasteiger partial charge in [-0.2, -0.15) is 5.26 Å². The quantitative estimate of drug-likeness (QED) is 0.789. The maximum absolute atomic E-state index is 12.8. The summed E-state index contributed by atoms with van der Waals surface area (Å²) in [7, 11) is -3.52. The molecule has 0 aromatic carbocycles. The third kappa shape index (κ3) is 2.46. The van der Waals surface area contributed by atoms with Gasteiger partial charge in [0.2, 0.25) is 10.0 Å². The van der Waals surface area contributed by atoms with E-state index in [9.17, 15) is 12.8 Å². The van der Waals surface area contributed by atoms with E-state index in [1.54, 1.807) is 13.0 Å². The van der Waals surface area contributed by atoms with Gasteiger partial charge in [0.1, 0.15) is 11.9 Å². The second-order valence-electron chi connectivity index (χ2n) is 3.06.